The lowest BCUT2D eigenvalue weighted by molar-refractivity contribution is 0.0521. The maximum Gasteiger partial charge on any atom is 0.407 e. The van der Waals surface area contributed by atoms with Gasteiger partial charge >= 0.3 is 12.1 Å². The number of ether oxygens (including phenoxy) is 1. The maximum absolute atomic E-state index is 11.7. The minimum atomic E-state index is -1.06. The van der Waals surface area contributed by atoms with Crippen LogP contribution in [-0.2, 0) is 11.3 Å². The van der Waals surface area contributed by atoms with Gasteiger partial charge < -0.3 is 20.1 Å². The smallest absolute Gasteiger partial charge is 0.407 e. The number of nitrogens with one attached hydrogen (secondary N) is 2. The highest BCUT2D eigenvalue weighted by molar-refractivity contribution is 5.97. The molecule has 0 unspecified atom stereocenters. The topological polar surface area (TPSA) is 91.4 Å². The van der Waals surface area contributed by atoms with Gasteiger partial charge in [0.2, 0.25) is 0 Å². The minimum Gasteiger partial charge on any atom is -0.477 e. The number of para-hydroxylation sites is 1. The van der Waals surface area contributed by atoms with Gasteiger partial charge in [0.25, 0.3) is 0 Å². The van der Waals surface area contributed by atoms with Gasteiger partial charge in [0, 0.05) is 23.0 Å². The lowest BCUT2D eigenvalue weighted by Gasteiger charge is -2.19. The van der Waals surface area contributed by atoms with Gasteiger partial charge in [-0.1, -0.05) is 18.2 Å². The number of H-pyrrole nitrogens is 1. The first kappa shape index (κ1) is 14.9. The number of hydrogen-bond donors (Lipinski definition) is 3. The fourth-order valence-corrected chi connectivity index (χ4v) is 2.04. The van der Waals surface area contributed by atoms with Crippen molar-refractivity contribution in [3.05, 3.63) is 35.5 Å². The van der Waals surface area contributed by atoms with Crippen LogP contribution in [0.15, 0.2) is 24.3 Å². The van der Waals surface area contributed by atoms with Crippen LogP contribution in [0.2, 0.25) is 0 Å². The summed E-state index contributed by atoms with van der Waals surface area (Å²) < 4.78 is 5.14. The number of alkyl carbamates (subject to hydrolysis) is 1. The van der Waals surface area contributed by atoms with Gasteiger partial charge in [-0.3, -0.25) is 0 Å². The van der Waals surface area contributed by atoms with E-state index in [4.69, 9.17) is 4.74 Å². The highest BCUT2D eigenvalue weighted by Gasteiger charge is 2.19. The molecule has 3 N–H and O–H groups in total. The van der Waals surface area contributed by atoms with Crippen LogP contribution in [0.3, 0.4) is 0 Å². The highest BCUT2D eigenvalue weighted by atomic mass is 16.6. The fraction of sp³-hybridized carbons (Fsp3) is 0.333. The summed E-state index contributed by atoms with van der Waals surface area (Å²) in [6.07, 6.45) is -0.580. The number of carbonyl (C=O) groups excluding carboxylic acids is 1. The normalized spacial score (nSPS) is 11.4. The molecule has 0 aliphatic carbocycles. The first-order valence-corrected chi connectivity index (χ1v) is 6.57. The molecule has 21 heavy (non-hydrogen) atoms. The van der Waals surface area contributed by atoms with Gasteiger partial charge in [0.15, 0.2) is 0 Å². The molecule has 2 aromatic rings. The summed E-state index contributed by atoms with van der Waals surface area (Å²) in [7, 11) is 0. The lowest BCUT2D eigenvalue weighted by atomic mass is 10.1. The molecule has 0 spiro atoms. The standard InChI is InChI=1S/C15H18N2O4/c1-15(2,3)21-14(20)16-8-10-9-6-4-5-7-11(9)17-12(10)13(18)19/h4-7,17H,8H2,1-3H3,(H,16,20)(H,18,19). The third kappa shape index (κ3) is 3.53. The summed E-state index contributed by atoms with van der Waals surface area (Å²) in [4.78, 5) is 25.8. The number of amides is 1. The van der Waals surface area contributed by atoms with Crippen LogP contribution in [0.5, 0.6) is 0 Å². The number of aromatic carboxylic acids is 1. The number of carbonyl (C=O) groups is 2. The third-order valence-corrected chi connectivity index (χ3v) is 2.84. The predicted octanol–water partition coefficient (Wildman–Crippen LogP) is 2.89. The van der Waals surface area contributed by atoms with Gasteiger partial charge in [-0.15, -0.1) is 0 Å². The van der Waals surface area contributed by atoms with Gasteiger partial charge in [-0.2, -0.15) is 0 Å². The Morgan fingerprint density at radius 3 is 2.57 bits per heavy atom. The molecule has 1 amide bonds. The Balaban J connectivity index is 2.23. The second-order valence-corrected chi connectivity index (χ2v) is 5.68. The van der Waals surface area contributed by atoms with Crippen LogP contribution in [-0.4, -0.2) is 27.8 Å². The molecule has 6 heteroatoms. The van der Waals surface area contributed by atoms with E-state index in [1.54, 1.807) is 26.8 Å². The van der Waals surface area contributed by atoms with Crippen molar-refractivity contribution in [2.24, 2.45) is 0 Å². The van der Waals surface area contributed by atoms with E-state index in [-0.39, 0.29) is 12.2 Å². The molecule has 0 aliphatic rings. The van der Waals surface area contributed by atoms with E-state index in [1.165, 1.54) is 0 Å². The highest BCUT2D eigenvalue weighted by Crippen LogP contribution is 2.22. The fourth-order valence-electron chi connectivity index (χ4n) is 2.04. The number of rotatable bonds is 3. The number of carboxylic acids is 1. The van der Waals surface area contributed by atoms with E-state index in [2.05, 4.69) is 10.3 Å². The van der Waals surface area contributed by atoms with Crippen LogP contribution in [0.25, 0.3) is 10.9 Å². The number of fused-ring (bicyclic) bond motifs is 1. The first-order chi connectivity index (χ1) is 9.78. The molecule has 1 aromatic carbocycles. The Morgan fingerprint density at radius 1 is 1.29 bits per heavy atom. The SMILES string of the molecule is CC(C)(C)OC(=O)NCc1c(C(=O)O)[nH]c2ccccc12. The van der Waals surface area contributed by atoms with Gasteiger partial charge in [0.1, 0.15) is 11.3 Å². The van der Waals surface area contributed by atoms with Gasteiger partial charge in [0.05, 0.1) is 0 Å². The molecule has 0 fully saturated rings. The number of carboxylic acid groups (broad SMARTS) is 1. The number of benzene rings is 1. The minimum absolute atomic E-state index is 0.0762. The summed E-state index contributed by atoms with van der Waals surface area (Å²) >= 11 is 0. The van der Waals surface area contributed by atoms with Crippen molar-refractivity contribution >= 4 is 23.0 Å². The second-order valence-electron chi connectivity index (χ2n) is 5.68. The maximum atomic E-state index is 11.7. The molecule has 0 aliphatic heterocycles. The van der Waals surface area contributed by atoms with Gasteiger partial charge in [-0.25, -0.2) is 9.59 Å². The lowest BCUT2D eigenvalue weighted by Crippen LogP contribution is -2.32. The molecule has 1 heterocycles. The van der Waals surface area contributed by atoms with E-state index in [0.29, 0.717) is 5.56 Å². The van der Waals surface area contributed by atoms with Crippen molar-refractivity contribution in [3.8, 4) is 0 Å². The number of hydrogen-bond acceptors (Lipinski definition) is 3. The Hall–Kier alpha value is -2.50. The molecule has 1 aromatic heterocycles. The summed E-state index contributed by atoms with van der Waals surface area (Å²) in [6, 6.07) is 7.23. The van der Waals surface area contributed by atoms with E-state index in [9.17, 15) is 14.7 Å². The summed E-state index contributed by atoms with van der Waals surface area (Å²) in [5.74, 6) is -1.06. The van der Waals surface area contributed by atoms with E-state index < -0.39 is 17.7 Å². The molecular formula is C15H18N2O4. The monoisotopic (exact) mass is 290 g/mol. The van der Waals surface area contributed by atoms with Crippen molar-refractivity contribution in [1.29, 1.82) is 0 Å². The Morgan fingerprint density at radius 2 is 1.95 bits per heavy atom. The van der Waals surface area contributed by atoms with Crippen LogP contribution in [0.1, 0.15) is 36.8 Å². The quantitative estimate of drug-likeness (QED) is 0.810. The van der Waals surface area contributed by atoms with Crippen LogP contribution in [0.4, 0.5) is 4.79 Å². The average molecular weight is 290 g/mol. The zero-order valence-corrected chi connectivity index (χ0v) is 12.2. The van der Waals surface area contributed by atoms with Crippen LogP contribution >= 0.6 is 0 Å². The predicted molar refractivity (Wildman–Crippen MR) is 78.3 cm³/mol. The zero-order chi connectivity index (χ0) is 15.6. The second kappa shape index (κ2) is 5.47. The molecule has 0 bridgehead atoms. The number of aromatic nitrogens is 1. The van der Waals surface area contributed by atoms with Crippen molar-refractivity contribution < 1.29 is 19.4 Å². The van der Waals surface area contributed by atoms with E-state index in [0.717, 1.165) is 10.9 Å². The van der Waals surface area contributed by atoms with E-state index in [1.807, 2.05) is 18.2 Å². The molecule has 0 atom stereocenters. The summed E-state index contributed by atoms with van der Waals surface area (Å²) in [6.45, 7) is 5.38. The van der Waals surface area contributed by atoms with Crippen LogP contribution in [0, 0.1) is 0 Å². The van der Waals surface area contributed by atoms with Crippen LogP contribution < -0.4 is 5.32 Å². The first-order valence-electron chi connectivity index (χ1n) is 6.57. The molecule has 6 nitrogen and oxygen atoms in total. The van der Waals surface area contributed by atoms with Crippen molar-refractivity contribution in [2.45, 2.75) is 32.9 Å². The van der Waals surface area contributed by atoms with Crippen molar-refractivity contribution in [3.63, 3.8) is 0 Å². The van der Waals surface area contributed by atoms with E-state index >= 15 is 0 Å². The molecule has 112 valence electrons. The Bertz CT molecular complexity index is 683. The summed E-state index contributed by atoms with van der Waals surface area (Å²) in [5, 5.41) is 12.6. The zero-order valence-electron chi connectivity index (χ0n) is 12.2. The van der Waals surface area contributed by atoms with Gasteiger partial charge in [-0.05, 0) is 26.8 Å². The van der Waals surface area contributed by atoms with Crippen molar-refractivity contribution in [1.82, 2.24) is 10.3 Å². The Kier molecular flexibility index (Phi) is 3.88. The summed E-state index contributed by atoms with van der Waals surface area (Å²) in [5.41, 5.74) is 0.729. The molecular weight excluding hydrogens is 272 g/mol. The molecule has 0 saturated carbocycles. The molecule has 0 radical (unpaired) electrons. The molecule has 2 rings (SSSR count). The Labute approximate surface area is 122 Å². The molecule has 0 saturated heterocycles. The third-order valence-electron chi connectivity index (χ3n) is 2.84. The largest absolute Gasteiger partial charge is 0.477 e. The van der Waals surface area contributed by atoms with Crippen molar-refractivity contribution in [2.75, 3.05) is 0 Å². The average Bonchev–Trinajstić information content (AvgIpc) is 2.73. The number of aromatic amines is 1.